The SMILES string of the molecule is Cc1cc(C(=O)Nc2ccccc2C)nc(NCCc2ccc(F)cc2)n1. The summed E-state index contributed by atoms with van der Waals surface area (Å²) in [5, 5.41) is 6.00. The van der Waals surface area contributed by atoms with E-state index in [1.165, 1.54) is 12.1 Å². The molecule has 0 fully saturated rings. The second-order valence-corrected chi connectivity index (χ2v) is 6.29. The summed E-state index contributed by atoms with van der Waals surface area (Å²) in [5.74, 6) is -0.138. The molecule has 0 saturated carbocycles. The maximum Gasteiger partial charge on any atom is 0.274 e. The third-order valence-corrected chi connectivity index (χ3v) is 4.09. The van der Waals surface area contributed by atoms with E-state index in [1.807, 2.05) is 38.1 Å². The van der Waals surface area contributed by atoms with Gasteiger partial charge < -0.3 is 10.6 Å². The molecule has 0 atom stereocenters. The van der Waals surface area contributed by atoms with Crippen LogP contribution < -0.4 is 10.6 Å². The van der Waals surface area contributed by atoms with E-state index in [1.54, 1.807) is 18.2 Å². The molecule has 1 aromatic heterocycles. The zero-order valence-corrected chi connectivity index (χ0v) is 15.3. The fraction of sp³-hybridized carbons (Fsp3) is 0.190. The van der Waals surface area contributed by atoms with Crippen molar-refractivity contribution in [2.45, 2.75) is 20.3 Å². The smallest absolute Gasteiger partial charge is 0.274 e. The largest absolute Gasteiger partial charge is 0.354 e. The molecule has 0 saturated heterocycles. The number of carbonyl (C=O) groups excluding carboxylic acids is 1. The van der Waals surface area contributed by atoms with Gasteiger partial charge in [-0.2, -0.15) is 0 Å². The average molecular weight is 364 g/mol. The fourth-order valence-corrected chi connectivity index (χ4v) is 2.63. The first-order chi connectivity index (χ1) is 13.0. The molecule has 27 heavy (non-hydrogen) atoms. The molecule has 3 rings (SSSR count). The molecule has 0 aliphatic carbocycles. The van der Waals surface area contributed by atoms with E-state index in [9.17, 15) is 9.18 Å². The van der Waals surface area contributed by atoms with Crippen LogP contribution in [0.25, 0.3) is 0 Å². The molecular formula is C21H21FN4O. The quantitative estimate of drug-likeness (QED) is 0.690. The molecule has 5 nitrogen and oxygen atoms in total. The molecule has 0 unspecified atom stereocenters. The normalized spacial score (nSPS) is 10.5. The van der Waals surface area contributed by atoms with Crippen molar-refractivity contribution in [3.8, 4) is 0 Å². The average Bonchev–Trinajstić information content (AvgIpc) is 2.65. The van der Waals surface area contributed by atoms with Gasteiger partial charge in [-0.05, 0) is 55.7 Å². The van der Waals surface area contributed by atoms with Crippen LogP contribution in [0.2, 0.25) is 0 Å². The lowest BCUT2D eigenvalue weighted by Gasteiger charge is -2.10. The number of aromatic nitrogens is 2. The molecule has 1 amide bonds. The Morgan fingerprint density at radius 3 is 2.52 bits per heavy atom. The van der Waals surface area contributed by atoms with E-state index in [0.717, 1.165) is 16.8 Å². The second-order valence-electron chi connectivity index (χ2n) is 6.29. The molecule has 0 bridgehead atoms. The number of carbonyl (C=O) groups is 1. The summed E-state index contributed by atoms with van der Waals surface area (Å²) in [4.78, 5) is 21.2. The van der Waals surface area contributed by atoms with Gasteiger partial charge in [-0.25, -0.2) is 14.4 Å². The highest BCUT2D eigenvalue weighted by Crippen LogP contribution is 2.15. The van der Waals surface area contributed by atoms with Crippen molar-refractivity contribution in [3.05, 3.63) is 82.9 Å². The highest BCUT2D eigenvalue weighted by Gasteiger charge is 2.12. The van der Waals surface area contributed by atoms with Crippen molar-refractivity contribution >= 4 is 17.5 Å². The molecule has 2 aromatic carbocycles. The summed E-state index contributed by atoms with van der Waals surface area (Å²) in [6.07, 6.45) is 0.697. The van der Waals surface area contributed by atoms with E-state index < -0.39 is 0 Å². The van der Waals surface area contributed by atoms with Crippen LogP contribution in [0.3, 0.4) is 0 Å². The Labute approximate surface area is 157 Å². The van der Waals surface area contributed by atoms with Gasteiger partial charge in [0, 0.05) is 17.9 Å². The van der Waals surface area contributed by atoms with E-state index in [0.29, 0.717) is 30.3 Å². The lowest BCUT2D eigenvalue weighted by Crippen LogP contribution is -2.17. The molecule has 138 valence electrons. The summed E-state index contributed by atoms with van der Waals surface area (Å²) in [5.41, 5.74) is 3.74. The number of para-hydroxylation sites is 1. The molecule has 0 aliphatic heterocycles. The van der Waals surface area contributed by atoms with Crippen LogP contribution in [0.1, 0.15) is 27.3 Å². The number of aryl methyl sites for hydroxylation is 2. The molecule has 0 aliphatic rings. The number of nitrogens with one attached hydrogen (secondary N) is 2. The number of halogens is 1. The minimum Gasteiger partial charge on any atom is -0.354 e. The maximum atomic E-state index is 12.9. The van der Waals surface area contributed by atoms with Crippen molar-refractivity contribution in [3.63, 3.8) is 0 Å². The van der Waals surface area contributed by atoms with Crippen LogP contribution in [0.15, 0.2) is 54.6 Å². The first-order valence-electron chi connectivity index (χ1n) is 8.72. The predicted octanol–water partition coefficient (Wildman–Crippen LogP) is 4.14. The molecule has 0 spiro atoms. The lowest BCUT2D eigenvalue weighted by atomic mass is 10.1. The van der Waals surface area contributed by atoms with Gasteiger partial charge in [-0.15, -0.1) is 0 Å². The Hall–Kier alpha value is -3.28. The van der Waals surface area contributed by atoms with Gasteiger partial charge in [0.2, 0.25) is 5.95 Å². The number of hydrogen-bond acceptors (Lipinski definition) is 4. The zero-order valence-electron chi connectivity index (χ0n) is 15.3. The maximum absolute atomic E-state index is 12.9. The number of anilines is 2. The van der Waals surface area contributed by atoms with Gasteiger partial charge in [0.05, 0.1) is 0 Å². The highest BCUT2D eigenvalue weighted by atomic mass is 19.1. The predicted molar refractivity (Wildman–Crippen MR) is 104 cm³/mol. The summed E-state index contributed by atoms with van der Waals surface area (Å²) < 4.78 is 12.9. The molecule has 3 aromatic rings. The topological polar surface area (TPSA) is 66.9 Å². The zero-order chi connectivity index (χ0) is 19.2. The molecule has 6 heteroatoms. The van der Waals surface area contributed by atoms with Crippen LogP contribution in [0, 0.1) is 19.7 Å². The molecule has 2 N–H and O–H groups in total. The monoisotopic (exact) mass is 364 g/mol. The van der Waals surface area contributed by atoms with Crippen molar-refractivity contribution in [1.29, 1.82) is 0 Å². The number of hydrogen-bond donors (Lipinski definition) is 2. The lowest BCUT2D eigenvalue weighted by molar-refractivity contribution is 0.102. The third kappa shape index (κ3) is 5.10. The van der Waals surface area contributed by atoms with Gasteiger partial charge in [0.15, 0.2) is 0 Å². The van der Waals surface area contributed by atoms with Crippen LogP contribution in [-0.4, -0.2) is 22.4 Å². The Morgan fingerprint density at radius 1 is 1.04 bits per heavy atom. The fourth-order valence-electron chi connectivity index (χ4n) is 2.63. The minimum atomic E-state index is -0.281. The number of benzene rings is 2. The third-order valence-electron chi connectivity index (χ3n) is 4.09. The van der Waals surface area contributed by atoms with Gasteiger partial charge in [0.1, 0.15) is 11.5 Å². The van der Waals surface area contributed by atoms with E-state index in [2.05, 4.69) is 20.6 Å². The van der Waals surface area contributed by atoms with Crippen molar-refractivity contribution in [2.75, 3.05) is 17.2 Å². The first kappa shape index (κ1) is 18.5. The van der Waals surface area contributed by atoms with E-state index in [-0.39, 0.29) is 11.7 Å². The summed E-state index contributed by atoms with van der Waals surface area (Å²) in [7, 11) is 0. The van der Waals surface area contributed by atoms with Crippen molar-refractivity contribution in [1.82, 2.24) is 9.97 Å². The number of rotatable bonds is 6. The summed E-state index contributed by atoms with van der Waals surface area (Å²) in [6, 6.07) is 15.6. The Balaban J connectivity index is 1.65. The number of nitrogens with zero attached hydrogens (tertiary/aromatic N) is 2. The Bertz CT molecular complexity index is 941. The van der Waals surface area contributed by atoms with E-state index >= 15 is 0 Å². The van der Waals surface area contributed by atoms with Gasteiger partial charge in [0.25, 0.3) is 5.91 Å². The van der Waals surface area contributed by atoms with Gasteiger partial charge in [-0.3, -0.25) is 4.79 Å². The Kier molecular flexibility index (Phi) is 5.76. The number of amides is 1. The molecule has 1 heterocycles. The van der Waals surface area contributed by atoms with Crippen LogP contribution in [-0.2, 0) is 6.42 Å². The van der Waals surface area contributed by atoms with Crippen LogP contribution in [0.5, 0.6) is 0 Å². The standard InChI is InChI=1S/C21H21FN4O/c1-14-5-3-4-6-18(14)25-20(27)19-13-15(2)24-21(26-19)23-12-11-16-7-9-17(22)10-8-16/h3-10,13H,11-12H2,1-2H3,(H,25,27)(H,23,24,26). The first-order valence-corrected chi connectivity index (χ1v) is 8.72. The second kappa shape index (κ2) is 8.40. The van der Waals surface area contributed by atoms with E-state index in [4.69, 9.17) is 0 Å². The van der Waals surface area contributed by atoms with Crippen molar-refractivity contribution < 1.29 is 9.18 Å². The van der Waals surface area contributed by atoms with Gasteiger partial charge in [-0.1, -0.05) is 30.3 Å². The van der Waals surface area contributed by atoms with Gasteiger partial charge >= 0.3 is 0 Å². The minimum absolute atomic E-state index is 0.252. The molecule has 0 radical (unpaired) electrons. The summed E-state index contributed by atoms with van der Waals surface area (Å²) in [6.45, 7) is 4.33. The Morgan fingerprint density at radius 2 is 1.78 bits per heavy atom. The van der Waals surface area contributed by atoms with Crippen molar-refractivity contribution in [2.24, 2.45) is 0 Å². The summed E-state index contributed by atoms with van der Waals surface area (Å²) >= 11 is 0. The highest BCUT2D eigenvalue weighted by molar-refractivity contribution is 6.03. The molecular weight excluding hydrogens is 343 g/mol. The van der Waals surface area contributed by atoms with Crippen LogP contribution >= 0.6 is 0 Å². The van der Waals surface area contributed by atoms with Crippen LogP contribution in [0.4, 0.5) is 16.0 Å².